The highest BCUT2D eigenvalue weighted by molar-refractivity contribution is 6.35. The Labute approximate surface area is 174 Å². The van der Waals surface area contributed by atoms with Gasteiger partial charge in [-0.05, 0) is 60.4 Å². The Hall–Kier alpha value is -2.90. The van der Waals surface area contributed by atoms with E-state index >= 15 is 0 Å². The Morgan fingerprint density at radius 2 is 2.03 bits per heavy atom. The molecule has 152 valence electrons. The monoisotopic (exact) mass is 415 g/mol. The third kappa shape index (κ3) is 6.89. The second-order valence-corrected chi connectivity index (χ2v) is 6.97. The Morgan fingerprint density at radius 1 is 1.21 bits per heavy atom. The largest absolute Gasteiger partial charge is 0.489 e. The molecule has 2 amide bonds. The highest BCUT2D eigenvalue weighted by Gasteiger charge is 2.18. The molecule has 1 heterocycles. The van der Waals surface area contributed by atoms with Crippen LogP contribution in [0.1, 0.15) is 24.0 Å². The van der Waals surface area contributed by atoms with E-state index in [1.54, 1.807) is 24.3 Å². The van der Waals surface area contributed by atoms with E-state index in [0.717, 1.165) is 24.0 Å². The molecular weight excluding hydrogens is 394 g/mol. The van der Waals surface area contributed by atoms with E-state index in [9.17, 15) is 9.59 Å². The van der Waals surface area contributed by atoms with E-state index in [4.69, 9.17) is 21.1 Å². The van der Waals surface area contributed by atoms with Crippen LogP contribution >= 0.6 is 11.6 Å². The molecule has 1 fully saturated rings. The Balaban J connectivity index is 1.40. The van der Waals surface area contributed by atoms with Crippen LogP contribution < -0.4 is 15.5 Å². The van der Waals surface area contributed by atoms with Crippen LogP contribution in [0, 0.1) is 0 Å². The first-order valence-corrected chi connectivity index (χ1v) is 9.68. The number of carbonyl (C=O) groups is 2. The van der Waals surface area contributed by atoms with Crippen molar-refractivity contribution in [1.82, 2.24) is 10.7 Å². The lowest BCUT2D eigenvalue weighted by molar-refractivity contribution is -0.139. The van der Waals surface area contributed by atoms with Crippen LogP contribution in [0.4, 0.5) is 0 Å². The molecule has 0 aromatic heterocycles. The topological polar surface area (TPSA) is 89.0 Å². The van der Waals surface area contributed by atoms with Crippen molar-refractivity contribution in [3.05, 3.63) is 64.7 Å². The molecule has 0 spiro atoms. The molecule has 0 radical (unpaired) electrons. The number of nitrogens with one attached hydrogen (secondary N) is 2. The zero-order chi connectivity index (χ0) is 20.5. The Bertz CT molecular complexity index is 864. The molecule has 1 atom stereocenters. The molecule has 1 aliphatic rings. The summed E-state index contributed by atoms with van der Waals surface area (Å²) in [6.45, 7) is 1.43. The van der Waals surface area contributed by atoms with Gasteiger partial charge < -0.3 is 14.8 Å². The number of nitrogens with zero attached hydrogens (tertiary/aromatic N) is 1. The summed E-state index contributed by atoms with van der Waals surface area (Å²) in [4.78, 5) is 23.4. The molecule has 0 bridgehead atoms. The van der Waals surface area contributed by atoms with Crippen molar-refractivity contribution >= 4 is 29.6 Å². The highest BCUT2D eigenvalue weighted by Crippen LogP contribution is 2.16. The van der Waals surface area contributed by atoms with Crippen LogP contribution in [0.3, 0.4) is 0 Å². The van der Waals surface area contributed by atoms with Gasteiger partial charge in [0.05, 0.1) is 12.3 Å². The molecule has 3 rings (SSSR count). The van der Waals surface area contributed by atoms with Gasteiger partial charge in [-0.1, -0.05) is 23.7 Å². The molecule has 0 aliphatic carbocycles. The van der Waals surface area contributed by atoms with E-state index in [0.29, 0.717) is 30.5 Å². The Kier molecular flexibility index (Phi) is 7.61. The lowest BCUT2D eigenvalue weighted by Gasteiger charge is -2.09. The number of hydrogen-bond acceptors (Lipinski definition) is 5. The van der Waals surface area contributed by atoms with Gasteiger partial charge in [-0.2, -0.15) is 5.10 Å². The average Bonchev–Trinajstić information content (AvgIpc) is 3.25. The SMILES string of the molecule is O=C(NC[C@@H]1CCCO1)C(=O)N/N=C\c1ccc(OCc2cccc(Cl)c2)cc1. The number of ether oxygens (including phenoxy) is 2. The van der Waals surface area contributed by atoms with Crippen LogP contribution in [0.5, 0.6) is 5.75 Å². The quantitative estimate of drug-likeness (QED) is 0.413. The summed E-state index contributed by atoms with van der Waals surface area (Å²) in [5.74, 6) is -0.859. The van der Waals surface area contributed by atoms with Crippen LogP contribution in [-0.2, 0) is 20.9 Å². The van der Waals surface area contributed by atoms with Gasteiger partial charge in [-0.15, -0.1) is 0 Å². The fourth-order valence-corrected chi connectivity index (χ4v) is 2.96. The van der Waals surface area contributed by atoms with E-state index < -0.39 is 11.8 Å². The molecule has 0 saturated carbocycles. The zero-order valence-corrected chi connectivity index (χ0v) is 16.5. The molecule has 8 heteroatoms. The van der Waals surface area contributed by atoms with E-state index in [1.807, 2.05) is 24.3 Å². The van der Waals surface area contributed by atoms with Crippen LogP contribution in [0.25, 0.3) is 0 Å². The molecule has 2 N–H and O–H groups in total. The summed E-state index contributed by atoms with van der Waals surface area (Å²) in [7, 11) is 0. The normalized spacial score (nSPS) is 16.0. The molecule has 2 aromatic rings. The van der Waals surface area contributed by atoms with Crippen molar-refractivity contribution in [3.63, 3.8) is 0 Å². The van der Waals surface area contributed by atoms with Crippen molar-refractivity contribution in [2.45, 2.75) is 25.6 Å². The maximum Gasteiger partial charge on any atom is 0.329 e. The molecule has 2 aromatic carbocycles. The zero-order valence-electron chi connectivity index (χ0n) is 15.8. The van der Waals surface area contributed by atoms with Crippen LogP contribution in [0.15, 0.2) is 53.6 Å². The maximum absolute atomic E-state index is 11.7. The van der Waals surface area contributed by atoms with Gasteiger partial charge in [0.25, 0.3) is 0 Å². The second kappa shape index (κ2) is 10.6. The lowest BCUT2D eigenvalue weighted by Crippen LogP contribution is -2.41. The van der Waals surface area contributed by atoms with E-state index in [1.165, 1.54) is 6.21 Å². The molecular formula is C21H22ClN3O4. The number of amides is 2. The molecule has 1 aliphatic heterocycles. The van der Waals surface area contributed by atoms with Crippen LogP contribution in [-0.4, -0.2) is 37.3 Å². The summed E-state index contributed by atoms with van der Waals surface area (Å²) >= 11 is 5.95. The lowest BCUT2D eigenvalue weighted by atomic mass is 10.2. The third-order valence-electron chi connectivity index (χ3n) is 4.27. The fourth-order valence-electron chi connectivity index (χ4n) is 2.75. The predicted octanol–water partition coefficient (Wildman–Crippen LogP) is 2.66. The molecule has 0 unspecified atom stereocenters. The van der Waals surface area contributed by atoms with E-state index in [-0.39, 0.29) is 6.10 Å². The predicted molar refractivity (Wildman–Crippen MR) is 110 cm³/mol. The number of hydrogen-bond donors (Lipinski definition) is 2. The van der Waals surface area contributed by atoms with Gasteiger partial charge in [0.2, 0.25) is 0 Å². The average molecular weight is 416 g/mol. The molecule has 29 heavy (non-hydrogen) atoms. The van der Waals surface area contributed by atoms with Gasteiger partial charge >= 0.3 is 11.8 Å². The van der Waals surface area contributed by atoms with Crippen molar-refractivity contribution in [2.24, 2.45) is 5.10 Å². The number of rotatable bonds is 7. The number of hydrazone groups is 1. The first-order valence-electron chi connectivity index (χ1n) is 9.30. The first kappa shape index (κ1) is 20.8. The van der Waals surface area contributed by atoms with Crippen LogP contribution in [0.2, 0.25) is 5.02 Å². The minimum absolute atomic E-state index is 0.0186. The van der Waals surface area contributed by atoms with Crippen molar-refractivity contribution in [3.8, 4) is 5.75 Å². The van der Waals surface area contributed by atoms with E-state index in [2.05, 4.69) is 15.8 Å². The number of halogens is 1. The third-order valence-corrected chi connectivity index (χ3v) is 4.51. The van der Waals surface area contributed by atoms with Gasteiger partial charge in [0.15, 0.2) is 0 Å². The van der Waals surface area contributed by atoms with Crippen molar-refractivity contribution in [1.29, 1.82) is 0 Å². The minimum Gasteiger partial charge on any atom is -0.489 e. The summed E-state index contributed by atoms with van der Waals surface area (Å²) in [5.41, 5.74) is 3.93. The fraction of sp³-hybridized carbons (Fsp3) is 0.286. The van der Waals surface area contributed by atoms with Crippen molar-refractivity contribution < 1.29 is 19.1 Å². The van der Waals surface area contributed by atoms with Gasteiger partial charge in [0, 0.05) is 18.2 Å². The summed E-state index contributed by atoms with van der Waals surface area (Å²) in [6.07, 6.45) is 3.29. The van der Waals surface area contributed by atoms with Gasteiger partial charge in [-0.25, -0.2) is 5.43 Å². The van der Waals surface area contributed by atoms with Gasteiger partial charge in [0.1, 0.15) is 12.4 Å². The minimum atomic E-state index is -0.819. The molecule has 7 nitrogen and oxygen atoms in total. The second-order valence-electron chi connectivity index (χ2n) is 6.53. The Morgan fingerprint density at radius 3 is 2.76 bits per heavy atom. The number of carbonyl (C=O) groups excluding carboxylic acids is 2. The molecule has 1 saturated heterocycles. The standard InChI is InChI=1S/C21H22ClN3O4/c22-17-4-1-3-16(11-17)14-29-18-8-6-15(7-9-18)12-24-25-21(27)20(26)23-13-19-5-2-10-28-19/h1,3-4,6-9,11-12,19H,2,5,10,13-14H2,(H,23,26)(H,25,27)/b24-12-/t19-/m0/s1. The van der Waals surface area contributed by atoms with Gasteiger partial charge in [-0.3, -0.25) is 9.59 Å². The highest BCUT2D eigenvalue weighted by atomic mass is 35.5. The summed E-state index contributed by atoms with van der Waals surface area (Å²) < 4.78 is 11.1. The smallest absolute Gasteiger partial charge is 0.329 e. The summed E-state index contributed by atoms with van der Waals surface area (Å²) in [5, 5.41) is 7.01. The van der Waals surface area contributed by atoms with Crippen molar-refractivity contribution in [2.75, 3.05) is 13.2 Å². The first-order chi connectivity index (χ1) is 14.1. The maximum atomic E-state index is 11.7. The number of benzene rings is 2. The summed E-state index contributed by atoms with van der Waals surface area (Å²) in [6, 6.07) is 14.6.